The molecule has 0 aliphatic carbocycles. The van der Waals surface area contributed by atoms with Gasteiger partial charge >= 0.3 is 0 Å². The van der Waals surface area contributed by atoms with Gasteiger partial charge in [0.05, 0.1) is 12.8 Å². The van der Waals surface area contributed by atoms with Crippen LogP contribution in [0.2, 0.25) is 0 Å². The van der Waals surface area contributed by atoms with Crippen LogP contribution < -0.4 is 15.1 Å². The fourth-order valence-electron chi connectivity index (χ4n) is 2.08. The molecule has 0 heterocycles. The fraction of sp³-hybridized carbons (Fsp3) is 0.222. The van der Waals surface area contributed by atoms with E-state index in [4.69, 9.17) is 4.74 Å². The van der Waals surface area contributed by atoms with Crippen molar-refractivity contribution in [3.8, 4) is 11.5 Å². The van der Waals surface area contributed by atoms with E-state index in [0.29, 0.717) is 17.0 Å². The first kappa shape index (κ1) is 17.3. The van der Waals surface area contributed by atoms with E-state index >= 15 is 0 Å². The second kappa shape index (κ2) is 7.50. The van der Waals surface area contributed by atoms with Crippen LogP contribution in [0.25, 0.3) is 0 Å². The van der Waals surface area contributed by atoms with Crippen LogP contribution in [0.1, 0.15) is 22.8 Å². The average molecular weight is 327 g/mol. The van der Waals surface area contributed by atoms with Gasteiger partial charge in [-0.15, -0.1) is 0 Å². The van der Waals surface area contributed by atoms with Gasteiger partial charge in [-0.05, 0) is 49.4 Å². The molecule has 0 aliphatic rings. The zero-order valence-electron chi connectivity index (χ0n) is 14.2. The van der Waals surface area contributed by atoms with E-state index in [1.807, 2.05) is 31.1 Å². The predicted molar refractivity (Wildman–Crippen MR) is 95.1 cm³/mol. The number of ether oxygens (including phenoxy) is 1. The average Bonchev–Trinajstić information content (AvgIpc) is 2.59. The van der Waals surface area contributed by atoms with Gasteiger partial charge in [-0.25, -0.2) is 5.43 Å². The molecule has 2 N–H and O–H groups in total. The molecule has 0 atom stereocenters. The van der Waals surface area contributed by atoms with Crippen molar-refractivity contribution in [2.24, 2.45) is 5.10 Å². The van der Waals surface area contributed by atoms with E-state index in [-0.39, 0.29) is 11.7 Å². The van der Waals surface area contributed by atoms with Crippen molar-refractivity contribution in [3.05, 3.63) is 53.6 Å². The lowest BCUT2D eigenvalue weighted by atomic mass is 10.1. The van der Waals surface area contributed by atoms with Crippen molar-refractivity contribution in [2.45, 2.75) is 6.92 Å². The van der Waals surface area contributed by atoms with Crippen molar-refractivity contribution in [2.75, 3.05) is 26.1 Å². The number of phenols is 1. The van der Waals surface area contributed by atoms with E-state index in [9.17, 15) is 9.90 Å². The van der Waals surface area contributed by atoms with Crippen LogP contribution in [-0.2, 0) is 0 Å². The molecule has 0 aliphatic heterocycles. The topological polar surface area (TPSA) is 74.2 Å². The minimum atomic E-state index is -0.287. The number of rotatable bonds is 5. The normalized spacial score (nSPS) is 11.1. The van der Waals surface area contributed by atoms with Crippen LogP contribution in [0.3, 0.4) is 0 Å². The smallest absolute Gasteiger partial charge is 0.271 e. The second-order valence-corrected chi connectivity index (χ2v) is 5.47. The summed E-state index contributed by atoms with van der Waals surface area (Å²) in [6.45, 7) is 1.77. The summed E-state index contributed by atoms with van der Waals surface area (Å²) in [5, 5.41) is 13.7. The molecular weight excluding hydrogens is 306 g/mol. The first-order valence-electron chi connectivity index (χ1n) is 7.41. The maximum Gasteiger partial charge on any atom is 0.271 e. The number of nitrogens with zero attached hydrogens (tertiary/aromatic N) is 2. The Balaban J connectivity index is 2.10. The van der Waals surface area contributed by atoms with Gasteiger partial charge in [0, 0.05) is 30.9 Å². The van der Waals surface area contributed by atoms with Crippen LogP contribution in [0.15, 0.2) is 47.6 Å². The Hall–Kier alpha value is -3.02. The molecule has 1 amide bonds. The van der Waals surface area contributed by atoms with Crippen LogP contribution in [0, 0.1) is 0 Å². The van der Waals surface area contributed by atoms with Crippen molar-refractivity contribution in [3.63, 3.8) is 0 Å². The molecule has 0 unspecified atom stereocenters. The van der Waals surface area contributed by atoms with E-state index in [1.165, 1.54) is 13.2 Å². The van der Waals surface area contributed by atoms with Gasteiger partial charge < -0.3 is 14.7 Å². The van der Waals surface area contributed by atoms with Crippen LogP contribution in [-0.4, -0.2) is 37.9 Å². The van der Waals surface area contributed by atoms with E-state index in [1.54, 1.807) is 31.2 Å². The van der Waals surface area contributed by atoms with Gasteiger partial charge in [0.25, 0.3) is 5.91 Å². The number of hydrazone groups is 1. The molecule has 2 rings (SSSR count). The second-order valence-electron chi connectivity index (χ2n) is 5.47. The zero-order valence-corrected chi connectivity index (χ0v) is 14.2. The first-order valence-corrected chi connectivity index (χ1v) is 7.41. The number of hydrogen-bond donors (Lipinski definition) is 2. The number of amides is 1. The van der Waals surface area contributed by atoms with Crippen molar-refractivity contribution < 1.29 is 14.6 Å². The fourth-order valence-corrected chi connectivity index (χ4v) is 2.08. The summed E-state index contributed by atoms with van der Waals surface area (Å²) in [5.74, 6) is 0.122. The van der Waals surface area contributed by atoms with Crippen LogP contribution >= 0.6 is 0 Å². The lowest BCUT2D eigenvalue weighted by Gasteiger charge is -2.12. The summed E-state index contributed by atoms with van der Waals surface area (Å²) in [6.07, 6.45) is 0. The molecule has 6 nitrogen and oxygen atoms in total. The number of benzene rings is 2. The van der Waals surface area contributed by atoms with E-state index in [0.717, 1.165) is 11.3 Å². The minimum Gasteiger partial charge on any atom is -0.504 e. The Morgan fingerprint density at radius 1 is 1.12 bits per heavy atom. The molecule has 126 valence electrons. The summed E-state index contributed by atoms with van der Waals surface area (Å²) in [4.78, 5) is 14.1. The zero-order chi connectivity index (χ0) is 17.7. The van der Waals surface area contributed by atoms with Crippen LogP contribution in [0.4, 0.5) is 5.69 Å². The molecule has 2 aromatic rings. The van der Waals surface area contributed by atoms with Gasteiger partial charge in [-0.3, -0.25) is 4.79 Å². The summed E-state index contributed by atoms with van der Waals surface area (Å²) in [7, 11) is 5.35. The van der Waals surface area contributed by atoms with Gasteiger partial charge in [-0.2, -0.15) is 5.10 Å². The Morgan fingerprint density at radius 3 is 2.33 bits per heavy atom. The number of carbonyl (C=O) groups is 1. The highest BCUT2D eigenvalue weighted by Crippen LogP contribution is 2.26. The molecule has 0 saturated heterocycles. The van der Waals surface area contributed by atoms with Gasteiger partial charge in [0.15, 0.2) is 11.5 Å². The third kappa shape index (κ3) is 4.04. The van der Waals surface area contributed by atoms with Crippen molar-refractivity contribution >= 4 is 17.3 Å². The molecule has 0 bridgehead atoms. The van der Waals surface area contributed by atoms with E-state index < -0.39 is 0 Å². The van der Waals surface area contributed by atoms with Crippen molar-refractivity contribution in [1.29, 1.82) is 0 Å². The number of methoxy groups -OCH3 is 1. The van der Waals surface area contributed by atoms with Crippen LogP contribution in [0.5, 0.6) is 11.5 Å². The monoisotopic (exact) mass is 327 g/mol. The van der Waals surface area contributed by atoms with E-state index in [2.05, 4.69) is 10.5 Å². The standard InChI is InChI=1S/C18H21N3O3/c1-12(14-7-10-16(22)17(11-14)24-4)19-20-18(23)13-5-8-15(9-6-13)21(2)3/h5-11,22H,1-4H3,(H,20,23)/b19-12+. The summed E-state index contributed by atoms with van der Waals surface area (Å²) in [6, 6.07) is 12.1. The molecule has 0 radical (unpaired) electrons. The van der Waals surface area contributed by atoms with Crippen molar-refractivity contribution in [1.82, 2.24) is 5.43 Å². The quantitative estimate of drug-likeness (QED) is 0.654. The maximum absolute atomic E-state index is 12.1. The summed E-state index contributed by atoms with van der Waals surface area (Å²) in [5.41, 5.74) is 5.42. The molecule has 0 aromatic heterocycles. The maximum atomic E-state index is 12.1. The highest BCUT2D eigenvalue weighted by atomic mass is 16.5. The number of phenolic OH excluding ortho intramolecular Hbond substituents is 1. The number of aromatic hydroxyl groups is 1. The SMILES string of the molecule is COc1cc(/C(C)=N/NC(=O)c2ccc(N(C)C)cc2)ccc1O. The highest BCUT2D eigenvalue weighted by Gasteiger charge is 2.07. The lowest BCUT2D eigenvalue weighted by Crippen LogP contribution is -2.19. The number of nitrogens with one attached hydrogen (secondary N) is 1. The molecule has 2 aromatic carbocycles. The number of hydrogen-bond acceptors (Lipinski definition) is 5. The number of anilines is 1. The van der Waals surface area contributed by atoms with Gasteiger partial charge in [0.2, 0.25) is 0 Å². The Morgan fingerprint density at radius 2 is 1.75 bits per heavy atom. The Bertz CT molecular complexity index is 753. The molecule has 0 saturated carbocycles. The van der Waals surface area contributed by atoms with Gasteiger partial charge in [0.1, 0.15) is 0 Å². The Labute approximate surface area is 141 Å². The first-order chi connectivity index (χ1) is 11.4. The molecule has 0 spiro atoms. The minimum absolute atomic E-state index is 0.0547. The lowest BCUT2D eigenvalue weighted by molar-refractivity contribution is 0.0955. The van der Waals surface area contributed by atoms with Gasteiger partial charge in [-0.1, -0.05) is 0 Å². The summed E-state index contributed by atoms with van der Waals surface area (Å²) < 4.78 is 5.06. The summed E-state index contributed by atoms with van der Waals surface area (Å²) >= 11 is 0. The number of carbonyl (C=O) groups excluding carboxylic acids is 1. The molecule has 24 heavy (non-hydrogen) atoms. The third-order valence-corrected chi connectivity index (χ3v) is 3.57. The highest BCUT2D eigenvalue weighted by molar-refractivity contribution is 6.01. The third-order valence-electron chi connectivity index (χ3n) is 3.57. The molecule has 0 fully saturated rings. The molecule has 6 heteroatoms. The largest absolute Gasteiger partial charge is 0.504 e. The molecular formula is C18H21N3O3. The Kier molecular flexibility index (Phi) is 5.42. The predicted octanol–water partition coefficient (Wildman–Crippen LogP) is 2.62.